The molecule has 5 heteroatoms. The second-order valence-corrected chi connectivity index (χ2v) is 6.29. The van der Waals surface area contributed by atoms with Crippen molar-refractivity contribution in [3.8, 4) is 0 Å². The second kappa shape index (κ2) is 7.22. The zero-order chi connectivity index (χ0) is 15.4. The third-order valence-electron chi connectivity index (χ3n) is 4.55. The van der Waals surface area contributed by atoms with Gasteiger partial charge in [0.1, 0.15) is 0 Å². The van der Waals surface area contributed by atoms with Crippen molar-refractivity contribution >= 4 is 5.91 Å². The van der Waals surface area contributed by atoms with Gasteiger partial charge in [0, 0.05) is 39.3 Å². The molecular formula is C17H25N3O2. The molecule has 2 saturated heterocycles. The van der Waals surface area contributed by atoms with Gasteiger partial charge < -0.3 is 15.3 Å². The molecular weight excluding hydrogens is 278 g/mol. The lowest BCUT2D eigenvalue weighted by atomic mass is 10.2. The van der Waals surface area contributed by atoms with Gasteiger partial charge in [-0.3, -0.25) is 9.69 Å². The predicted molar refractivity (Wildman–Crippen MR) is 85.3 cm³/mol. The Labute approximate surface area is 131 Å². The van der Waals surface area contributed by atoms with Gasteiger partial charge in [-0.05, 0) is 18.4 Å². The number of carbonyl (C=O) groups excluding carboxylic acids is 1. The van der Waals surface area contributed by atoms with Gasteiger partial charge in [0.15, 0.2) is 0 Å². The number of β-amino-alcohol motifs (C(OH)–C–C–N with tert-alkyl or cyclic N) is 1. The van der Waals surface area contributed by atoms with E-state index >= 15 is 0 Å². The summed E-state index contributed by atoms with van der Waals surface area (Å²) in [5.74, 6) is 0.151. The van der Waals surface area contributed by atoms with Gasteiger partial charge in [0.25, 0.3) is 0 Å². The highest BCUT2D eigenvalue weighted by Crippen LogP contribution is 2.13. The van der Waals surface area contributed by atoms with E-state index in [4.69, 9.17) is 0 Å². The first-order valence-electron chi connectivity index (χ1n) is 8.19. The Morgan fingerprint density at radius 1 is 1.18 bits per heavy atom. The Balaban J connectivity index is 1.52. The Morgan fingerprint density at radius 2 is 2.00 bits per heavy atom. The van der Waals surface area contributed by atoms with Crippen LogP contribution in [0.3, 0.4) is 0 Å². The number of aliphatic hydroxyl groups is 1. The number of carbonyl (C=O) groups is 1. The molecule has 5 nitrogen and oxygen atoms in total. The Morgan fingerprint density at radius 3 is 2.73 bits per heavy atom. The van der Waals surface area contributed by atoms with Gasteiger partial charge >= 0.3 is 0 Å². The summed E-state index contributed by atoms with van der Waals surface area (Å²) in [6, 6.07) is 10.3. The Kier molecular flexibility index (Phi) is 5.08. The standard InChI is InChI=1S/C17H25N3O2/c21-15-11-16(18-12-15)17(22)20-8-4-7-19(9-10-20)13-14-5-2-1-3-6-14/h1-3,5-6,15-16,18,21H,4,7-13H2/t15-,16+/m0/s1. The molecule has 3 rings (SSSR count). The Bertz CT molecular complexity index is 494. The molecule has 1 amide bonds. The molecule has 2 aliphatic heterocycles. The molecule has 0 bridgehead atoms. The molecule has 1 aromatic carbocycles. The number of hydrogen-bond acceptors (Lipinski definition) is 4. The summed E-state index contributed by atoms with van der Waals surface area (Å²) in [7, 11) is 0. The number of hydrogen-bond donors (Lipinski definition) is 2. The fourth-order valence-corrected chi connectivity index (χ4v) is 3.32. The van der Waals surface area contributed by atoms with Gasteiger partial charge in [-0.2, -0.15) is 0 Å². The molecule has 2 fully saturated rings. The first-order valence-corrected chi connectivity index (χ1v) is 8.19. The van der Waals surface area contributed by atoms with Crippen molar-refractivity contribution in [2.75, 3.05) is 32.7 Å². The van der Waals surface area contributed by atoms with Crippen LogP contribution >= 0.6 is 0 Å². The normalized spacial score (nSPS) is 26.9. The largest absolute Gasteiger partial charge is 0.392 e. The molecule has 2 heterocycles. The van der Waals surface area contributed by atoms with Crippen LogP contribution in [0.4, 0.5) is 0 Å². The van der Waals surface area contributed by atoms with Crippen molar-refractivity contribution in [1.29, 1.82) is 0 Å². The van der Waals surface area contributed by atoms with E-state index in [0.717, 1.165) is 39.1 Å². The van der Waals surface area contributed by atoms with E-state index in [-0.39, 0.29) is 18.1 Å². The summed E-state index contributed by atoms with van der Waals surface area (Å²) in [4.78, 5) is 16.9. The van der Waals surface area contributed by atoms with E-state index in [2.05, 4.69) is 34.5 Å². The number of rotatable bonds is 3. The summed E-state index contributed by atoms with van der Waals surface area (Å²) < 4.78 is 0. The average Bonchev–Trinajstić information content (AvgIpc) is 2.83. The maximum absolute atomic E-state index is 12.5. The van der Waals surface area contributed by atoms with Gasteiger partial charge in [-0.1, -0.05) is 30.3 Å². The fourth-order valence-electron chi connectivity index (χ4n) is 3.32. The van der Waals surface area contributed by atoms with E-state index in [0.29, 0.717) is 13.0 Å². The maximum atomic E-state index is 12.5. The van der Waals surface area contributed by atoms with E-state index in [1.807, 2.05) is 11.0 Å². The topological polar surface area (TPSA) is 55.8 Å². The third kappa shape index (κ3) is 3.85. The van der Waals surface area contributed by atoms with Crippen molar-refractivity contribution in [3.05, 3.63) is 35.9 Å². The molecule has 0 aliphatic carbocycles. The first kappa shape index (κ1) is 15.5. The zero-order valence-electron chi connectivity index (χ0n) is 12.9. The van der Waals surface area contributed by atoms with E-state index in [1.165, 1.54) is 5.56 Å². The van der Waals surface area contributed by atoms with Crippen molar-refractivity contribution in [2.24, 2.45) is 0 Å². The number of nitrogens with one attached hydrogen (secondary N) is 1. The van der Waals surface area contributed by atoms with Crippen LogP contribution in [-0.2, 0) is 11.3 Å². The minimum atomic E-state index is -0.379. The molecule has 2 aliphatic rings. The minimum Gasteiger partial charge on any atom is -0.392 e. The van der Waals surface area contributed by atoms with Crippen LogP contribution in [0, 0.1) is 0 Å². The second-order valence-electron chi connectivity index (χ2n) is 6.29. The van der Waals surface area contributed by atoms with Crippen molar-refractivity contribution in [1.82, 2.24) is 15.1 Å². The van der Waals surface area contributed by atoms with Crippen LogP contribution in [0.25, 0.3) is 0 Å². The lowest BCUT2D eigenvalue weighted by molar-refractivity contribution is -0.133. The summed E-state index contributed by atoms with van der Waals surface area (Å²) >= 11 is 0. The molecule has 0 unspecified atom stereocenters. The van der Waals surface area contributed by atoms with Crippen LogP contribution in [0.5, 0.6) is 0 Å². The number of benzene rings is 1. The highest BCUT2D eigenvalue weighted by Gasteiger charge is 2.31. The maximum Gasteiger partial charge on any atom is 0.239 e. The van der Waals surface area contributed by atoms with E-state index in [1.54, 1.807) is 0 Å². The highest BCUT2D eigenvalue weighted by atomic mass is 16.3. The lowest BCUT2D eigenvalue weighted by Gasteiger charge is -2.24. The lowest BCUT2D eigenvalue weighted by Crippen LogP contribution is -2.45. The summed E-state index contributed by atoms with van der Waals surface area (Å²) in [6.07, 6.45) is 1.17. The van der Waals surface area contributed by atoms with Crippen LogP contribution in [0.2, 0.25) is 0 Å². The van der Waals surface area contributed by atoms with Crippen molar-refractivity contribution < 1.29 is 9.90 Å². The van der Waals surface area contributed by atoms with Crippen molar-refractivity contribution in [3.63, 3.8) is 0 Å². The molecule has 0 saturated carbocycles. The van der Waals surface area contributed by atoms with Crippen LogP contribution in [0.15, 0.2) is 30.3 Å². The predicted octanol–water partition coefficient (Wildman–Crippen LogP) is 0.444. The molecule has 120 valence electrons. The molecule has 1 aromatic rings. The quantitative estimate of drug-likeness (QED) is 0.851. The van der Waals surface area contributed by atoms with Gasteiger partial charge in [-0.25, -0.2) is 0 Å². The SMILES string of the molecule is O=C([C@H]1C[C@H](O)CN1)N1CCCN(Cc2ccccc2)CC1. The average molecular weight is 303 g/mol. The smallest absolute Gasteiger partial charge is 0.239 e. The van der Waals surface area contributed by atoms with Crippen LogP contribution < -0.4 is 5.32 Å². The van der Waals surface area contributed by atoms with E-state index < -0.39 is 0 Å². The summed E-state index contributed by atoms with van der Waals surface area (Å²) in [6.45, 7) is 5.02. The molecule has 2 N–H and O–H groups in total. The van der Waals surface area contributed by atoms with Crippen LogP contribution in [-0.4, -0.2) is 65.7 Å². The molecule has 0 spiro atoms. The minimum absolute atomic E-state index is 0.151. The number of aliphatic hydroxyl groups excluding tert-OH is 1. The van der Waals surface area contributed by atoms with E-state index in [9.17, 15) is 9.90 Å². The Hall–Kier alpha value is -1.43. The molecule has 0 aromatic heterocycles. The number of amides is 1. The molecule has 0 radical (unpaired) electrons. The van der Waals surface area contributed by atoms with Gasteiger partial charge in [0.05, 0.1) is 12.1 Å². The van der Waals surface area contributed by atoms with Crippen molar-refractivity contribution in [2.45, 2.75) is 31.5 Å². The first-order chi connectivity index (χ1) is 10.7. The van der Waals surface area contributed by atoms with Gasteiger partial charge in [-0.15, -0.1) is 0 Å². The molecule has 22 heavy (non-hydrogen) atoms. The van der Waals surface area contributed by atoms with Crippen LogP contribution in [0.1, 0.15) is 18.4 Å². The zero-order valence-corrected chi connectivity index (χ0v) is 12.9. The fraction of sp³-hybridized carbons (Fsp3) is 0.588. The van der Waals surface area contributed by atoms with Gasteiger partial charge in [0.2, 0.25) is 5.91 Å². The molecule has 2 atom stereocenters. The summed E-state index contributed by atoms with van der Waals surface area (Å²) in [5.41, 5.74) is 1.32. The summed E-state index contributed by atoms with van der Waals surface area (Å²) in [5, 5.41) is 12.7. The monoisotopic (exact) mass is 303 g/mol. The number of nitrogens with zero attached hydrogens (tertiary/aromatic N) is 2. The highest BCUT2D eigenvalue weighted by molar-refractivity contribution is 5.82. The third-order valence-corrected chi connectivity index (χ3v) is 4.55.